The summed E-state index contributed by atoms with van der Waals surface area (Å²) in [5.74, 6) is -0.885. The van der Waals surface area contributed by atoms with Crippen molar-refractivity contribution in [3.8, 4) is 5.75 Å². The molecular weight excluding hydrogens is 403 g/mol. The molecule has 0 aromatic heterocycles. The molecule has 1 amide bonds. The number of amides is 1. The van der Waals surface area contributed by atoms with E-state index in [1.165, 1.54) is 4.90 Å². The second kappa shape index (κ2) is 7.72. The number of alkyl halides is 3. The molecular formula is C16H18F3N3O7. The molecule has 0 unspecified atom stereocenters. The highest BCUT2D eigenvalue weighted by molar-refractivity contribution is 5.68. The van der Waals surface area contributed by atoms with E-state index < -0.39 is 56.5 Å². The van der Waals surface area contributed by atoms with Crippen LogP contribution < -0.4 is 4.74 Å². The monoisotopic (exact) mass is 421 g/mol. The Morgan fingerprint density at radius 1 is 1.14 bits per heavy atom. The smallest absolute Gasteiger partial charge is 0.416 e. The Balaban J connectivity index is 2.32. The molecule has 0 saturated carbocycles. The lowest BCUT2D eigenvalue weighted by Gasteiger charge is -2.24. The van der Waals surface area contributed by atoms with E-state index in [4.69, 9.17) is 9.47 Å². The van der Waals surface area contributed by atoms with E-state index >= 15 is 0 Å². The fourth-order valence-electron chi connectivity index (χ4n) is 2.64. The predicted molar refractivity (Wildman–Crippen MR) is 91.6 cm³/mol. The summed E-state index contributed by atoms with van der Waals surface area (Å²) < 4.78 is 49.4. The minimum atomic E-state index is -5.02. The summed E-state index contributed by atoms with van der Waals surface area (Å²) in [5, 5.41) is 22.5. The van der Waals surface area contributed by atoms with Crippen LogP contribution in [0.25, 0.3) is 0 Å². The topological polar surface area (TPSA) is 125 Å². The molecule has 0 aliphatic carbocycles. The number of halogens is 3. The van der Waals surface area contributed by atoms with Gasteiger partial charge in [-0.15, -0.1) is 0 Å². The number of hydrogen-bond acceptors (Lipinski definition) is 7. The van der Waals surface area contributed by atoms with E-state index in [1.54, 1.807) is 20.8 Å². The largest absolute Gasteiger partial charge is 0.477 e. The van der Waals surface area contributed by atoms with Crippen LogP contribution in [0, 0.1) is 20.2 Å². The van der Waals surface area contributed by atoms with Gasteiger partial charge in [0.1, 0.15) is 11.7 Å². The van der Waals surface area contributed by atoms with Gasteiger partial charge in [-0.2, -0.15) is 13.2 Å². The van der Waals surface area contributed by atoms with Gasteiger partial charge >= 0.3 is 23.6 Å². The fraction of sp³-hybridized carbons (Fsp3) is 0.562. The summed E-state index contributed by atoms with van der Waals surface area (Å²) in [5.41, 5.74) is -4.66. The Morgan fingerprint density at radius 3 is 2.07 bits per heavy atom. The van der Waals surface area contributed by atoms with Crippen LogP contribution in [-0.4, -0.2) is 45.6 Å². The van der Waals surface area contributed by atoms with Crippen molar-refractivity contribution in [2.75, 3.05) is 13.1 Å². The standard InChI is InChI=1S/C16H18F3N3O7/c1-15(2,3)29-14(23)20-5-4-10(8-20)28-13-11(21(24)25)6-9(16(17,18)19)7-12(13)22(26)27/h6-7,10H,4-5,8H2,1-3H3/t10-/m0/s1. The van der Waals surface area contributed by atoms with Gasteiger partial charge in [0.2, 0.25) is 0 Å². The van der Waals surface area contributed by atoms with Gasteiger partial charge < -0.3 is 14.4 Å². The molecule has 1 saturated heterocycles. The Labute approximate surface area is 162 Å². The second-order valence-corrected chi connectivity index (χ2v) is 7.31. The first kappa shape index (κ1) is 22.2. The van der Waals surface area contributed by atoms with Gasteiger partial charge in [-0.3, -0.25) is 20.2 Å². The third-order valence-electron chi connectivity index (χ3n) is 3.85. The number of rotatable bonds is 4. The van der Waals surface area contributed by atoms with Crippen molar-refractivity contribution in [3.63, 3.8) is 0 Å². The number of benzene rings is 1. The first-order chi connectivity index (χ1) is 13.2. The van der Waals surface area contributed by atoms with Crippen LogP contribution >= 0.6 is 0 Å². The van der Waals surface area contributed by atoms with Gasteiger partial charge in [-0.05, 0) is 20.8 Å². The Hall–Kier alpha value is -3.12. The van der Waals surface area contributed by atoms with E-state index in [0.717, 1.165) is 0 Å². The molecule has 160 valence electrons. The average Bonchev–Trinajstić information content (AvgIpc) is 3.00. The normalized spacial score (nSPS) is 17.2. The maximum Gasteiger partial charge on any atom is 0.416 e. The van der Waals surface area contributed by atoms with Crippen LogP contribution in [0.1, 0.15) is 32.8 Å². The molecule has 0 radical (unpaired) electrons. The number of nitro groups is 2. The van der Waals surface area contributed by atoms with Crippen LogP contribution in [-0.2, 0) is 10.9 Å². The number of carbonyl (C=O) groups is 1. The van der Waals surface area contributed by atoms with E-state index in [1.807, 2.05) is 0 Å². The summed E-state index contributed by atoms with van der Waals surface area (Å²) in [6.07, 6.45) is -6.42. The Morgan fingerprint density at radius 2 is 1.66 bits per heavy atom. The van der Waals surface area contributed by atoms with Crippen molar-refractivity contribution in [1.29, 1.82) is 0 Å². The fourth-order valence-corrected chi connectivity index (χ4v) is 2.64. The summed E-state index contributed by atoms with van der Waals surface area (Å²) in [6, 6.07) is 0.367. The van der Waals surface area contributed by atoms with Crippen LogP contribution in [0.4, 0.5) is 29.3 Å². The average molecular weight is 421 g/mol. The molecule has 29 heavy (non-hydrogen) atoms. The molecule has 1 heterocycles. The quantitative estimate of drug-likeness (QED) is 0.533. The second-order valence-electron chi connectivity index (χ2n) is 7.31. The maximum atomic E-state index is 12.9. The van der Waals surface area contributed by atoms with Crippen LogP contribution in [0.15, 0.2) is 12.1 Å². The first-order valence-electron chi connectivity index (χ1n) is 8.37. The van der Waals surface area contributed by atoms with Gasteiger partial charge in [-0.25, -0.2) is 4.79 Å². The van der Waals surface area contributed by atoms with Gasteiger partial charge in [0.15, 0.2) is 0 Å². The van der Waals surface area contributed by atoms with E-state index in [-0.39, 0.29) is 31.6 Å². The number of hydrogen-bond donors (Lipinski definition) is 0. The molecule has 0 bridgehead atoms. The van der Waals surface area contributed by atoms with Crippen molar-refractivity contribution in [2.45, 2.75) is 45.1 Å². The summed E-state index contributed by atoms with van der Waals surface area (Å²) >= 11 is 0. The predicted octanol–water partition coefficient (Wildman–Crippen LogP) is 3.91. The zero-order chi connectivity index (χ0) is 22.1. The number of nitro benzene ring substituents is 2. The highest BCUT2D eigenvalue weighted by atomic mass is 19.4. The molecule has 1 aliphatic heterocycles. The molecule has 13 heteroatoms. The van der Waals surface area contributed by atoms with Crippen molar-refractivity contribution in [1.82, 2.24) is 4.90 Å². The van der Waals surface area contributed by atoms with E-state index in [0.29, 0.717) is 0 Å². The lowest BCUT2D eigenvalue weighted by atomic mass is 10.1. The van der Waals surface area contributed by atoms with Crippen LogP contribution in [0.3, 0.4) is 0 Å². The lowest BCUT2D eigenvalue weighted by molar-refractivity contribution is -0.396. The number of nitrogens with zero attached hydrogens (tertiary/aromatic N) is 3. The minimum absolute atomic E-state index is 0.0930. The van der Waals surface area contributed by atoms with E-state index in [2.05, 4.69) is 0 Å². The highest BCUT2D eigenvalue weighted by Gasteiger charge is 2.40. The first-order valence-corrected chi connectivity index (χ1v) is 8.37. The molecule has 1 aromatic rings. The third-order valence-corrected chi connectivity index (χ3v) is 3.85. The number of carbonyl (C=O) groups excluding carboxylic acids is 1. The van der Waals surface area contributed by atoms with Crippen molar-refractivity contribution in [3.05, 3.63) is 37.9 Å². The molecule has 1 atom stereocenters. The molecule has 1 aromatic carbocycles. The Kier molecular flexibility index (Phi) is 5.90. The molecule has 0 N–H and O–H groups in total. The molecule has 10 nitrogen and oxygen atoms in total. The van der Waals surface area contributed by atoms with Crippen LogP contribution in [0.5, 0.6) is 5.75 Å². The van der Waals surface area contributed by atoms with Crippen molar-refractivity contribution in [2.24, 2.45) is 0 Å². The van der Waals surface area contributed by atoms with Crippen LogP contribution in [0.2, 0.25) is 0 Å². The molecule has 2 rings (SSSR count). The number of ether oxygens (including phenoxy) is 2. The SMILES string of the molecule is CC(C)(C)OC(=O)N1CC[C@H](Oc2c([N+](=O)[O-])cc(C(F)(F)F)cc2[N+](=O)[O-])C1. The van der Waals surface area contributed by atoms with Crippen molar-refractivity contribution >= 4 is 17.5 Å². The maximum absolute atomic E-state index is 12.9. The Bertz CT molecular complexity index is 801. The summed E-state index contributed by atoms with van der Waals surface area (Å²) in [6.45, 7) is 5.03. The zero-order valence-corrected chi connectivity index (χ0v) is 15.7. The molecule has 1 fully saturated rings. The van der Waals surface area contributed by atoms with E-state index in [9.17, 15) is 38.2 Å². The van der Waals surface area contributed by atoms with Gasteiger partial charge in [0, 0.05) is 25.1 Å². The summed E-state index contributed by atoms with van der Waals surface area (Å²) in [7, 11) is 0. The highest BCUT2D eigenvalue weighted by Crippen LogP contribution is 2.43. The number of likely N-dealkylation sites (tertiary alicyclic amines) is 1. The third kappa shape index (κ3) is 5.45. The summed E-state index contributed by atoms with van der Waals surface area (Å²) in [4.78, 5) is 33.4. The molecule has 0 spiro atoms. The van der Waals surface area contributed by atoms with Gasteiger partial charge in [0.25, 0.3) is 5.75 Å². The van der Waals surface area contributed by atoms with Crippen molar-refractivity contribution < 1.29 is 37.3 Å². The molecule has 1 aliphatic rings. The lowest BCUT2D eigenvalue weighted by Crippen LogP contribution is -2.36. The van der Waals surface area contributed by atoms with Gasteiger partial charge in [-0.1, -0.05) is 0 Å². The zero-order valence-electron chi connectivity index (χ0n) is 15.7. The minimum Gasteiger partial charge on any atom is -0.477 e. The van der Waals surface area contributed by atoms with Gasteiger partial charge in [0.05, 0.1) is 22.0 Å².